The summed E-state index contributed by atoms with van der Waals surface area (Å²) in [5, 5.41) is 4.89. The molecule has 5 rings (SSSR count). The number of halogens is 1. The summed E-state index contributed by atoms with van der Waals surface area (Å²) in [6, 6.07) is 18.0. The molecular weight excluding hydrogens is 453 g/mol. The van der Waals surface area contributed by atoms with Crippen LogP contribution in [0.1, 0.15) is 11.7 Å². The summed E-state index contributed by atoms with van der Waals surface area (Å²) in [7, 11) is 1.64. The van der Waals surface area contributed by atoms with Gasteiger partial charge in [0.05, 0.1) is 32.2 Å². The standard InChI is InChI=1S/C25H24FN5O2S/c1-32-22-8-6-21(7-9-22)31-24(19-10-12-27-13-11-19)28-30(25(31)34)17-29-14-15-33-23(16-29)18-2-4-20(26)5-3-18/h2-13,23H,14-17H2,1H3/t23-/m0/s1. The Kier molecular flexibility index (Phi) is 6.48. The van der Waals surface area contributed by atoms with Gasteiger partial charge < -0.3 is 9.47 Å². The second-order valence-corrected chi connectivity index (χ2v) is 8.37. The smallest absolute Gasteiger partial charge is 0.204 e. The van der Waals surface area contributed by atoms with Crippen molar-refractivity contribution in [1.29, 1.82) is 0 Å². The van der Waals surface area contributed by atoms with Gasteiger partial charge in [0, 0.05) is 31.0 Å². The van der Waals surface area contributed by atoms with Crippen molar-refractivity contribution in [2.45, 2.75) is 12.8 Å². The Morgan fingerprint density at radius 1 is 1.06 bits per heavy atom. The highest BCUT2D eigenvalue weighted by molar-refractivity contribution is 7.71. The van der Waals surface area contributed by atoms with E-state index in [-0.39, 0.29) is 11.9 Å². The van der Waals surface area contributed by atoms with Gasteiger partial charge in [0.2, 0.25) is 4.77 Å². The third-order valence-corrected chi connectivity index (χ3v) is 6.23. The number of rotatable bonds is 6. The maximum Gasteiger partial charge on any atom is 0.204 e. The Bertz CT molecular complexity index is 1310. The maximum atomic E-state index is 13.3. The van der Waals surface area contributed by atoms with Gasteiger partial charge in [0.1, 0.15) is 11.6 Å². The fourth-order valence-corrected chi connectivity index (χ4v) is 4.34. The zero-order chi connectivity index (χ0) is 23.5. The predicted octanol–water partition coefficient (Wildman–Crippen LogP) is 4.64. The Hall–Kier alpha value is -3.40. The largest absolute Gasteiger partial charge is 0.497 e. The van der Waals surface area contributed by atoms with Crippen LogP contribution >= 0.6 is 12.2 Å². The van der Waals surface area contributed by atoms with Gasteiger partial charge in [-0.2, -0.15) is 0 Å². The lowest BCUT2D eigenvalue weighted by atomic mass is 10.1. The third kappa shape index (κ3) is 4.63. The molecule has 9 heteroatoms. The van der Waals surface area contributed by atoms with E-state index in [0.29, 0.717) is 24.6 Å². The Morgan fingerprint density at radius 2 is 1.79 bits per heavy atom. The van der Waals surface area contributed by atoms with Gasteiger partial charge in [0.25, 0.3) is 0 Å². The minimum absolute atomic E-state index is 0.133. The first-order valence-corrected chi connectivity index (χ1v) is 11.4. The molecule has 1 aliphatic heterocycles. The summed E-state index contributed by atoms with van der Waals surface area (Å²) < 4.78 is 29.0. The van der Waals surface area contributed by atoms with E-state index < -0.39 is 0 Å². The molecule has 34 heavy (non-hydrogen) atoms. The summed E-state index contributed by atoms with van der Waals surface area (Å²) in [6.45, 7) is 2.50. The lowest BCUT2D eigenvalue weighted by Gasteiger charge is -2.32. The van der Waals surface area contributed by atoms with Crippen molar-refractivity contribution < 1.29 is 13.9 Å². The van der Waals surface area contributed by atoms with Crippen LogP contribution in [0.3, 0.4) is 0 Å². The predicted molar refractivity (Wildman–Crippen MR) is 129 cm³/mol. The Labute approximate surface area is 202 Å². The van der Waals surface area contributed by atoms with Crippen LogP contribution in [0, 0.1) is 10.6 Å². The van der Waals surface area contributed by atoms with Crippen LogP contribution in [0.25, 0.3) is 17.1 Å². The summed E-state index contributed by atoms with van der Waals surface area (Å²) in [6.07, 6.45) is 3.35. The van der Waals surface area contributed by atoms with E-state index in [1.165, 1.54) is 12.1 Å². The fraction of sp³-hybridized carbons (Fsp3) is 0.240. The molecule has 0 N–H and O–H groups in total. The van der Waals surface area contributed by atoms with Crippen LogP contribution in [0.15, 0.2) is 73.1 Å². The molecule has 0 spiro atoms. The van der Waals surface area contributed by atoms with Gasteiger partial charge in [-0.1, -0.05) is 12.1 Å². The summed E-state index contributed by atoms with van der Waals surface area (Å²) >= 11 is 5.88. The van der Waals surface area contributed by atoms with Crippen molar-refractivity contribution >= 4 is 12.2 Å². The van der Waals surface area contributed by atoms with Gasteiger partial charge in [-0.05, 0) is 66.3 Å². The van der Waals surface area contributed by atoms with Gasteiger partial charge in [-0.3, -0.25) is 14.5 Å². The molecule has 3 heterocycles. The van der Waals surface area contributed by atoms with E-state index >= 15 is 0 Å². The van der Waals surface area contributed by atoms with Crippen molar-refractivity contribution in [1.82, 2.24) is 24.2 Å². The lowest BCUT2D eigenvalue weighted by Crippen LogP contribution is -2.39. The van der Waals surface area contributed by atoms with E-state index in [1.807, 2.05) is 45.6 Å². The molecule has 0 amide bonds. The minimum Gasteiger partial charge on any atom is -0.497 e. The van der Waals surface area contributed by atoms with Crippen molar-refractivity contribution in [3.63, 3.8) is 0 Å². The van der Waals surface area contributed by atoms with Crippen LogP contribution in [0.4, 0.5) is 4.39 Å². The van der Waals surface area contributed by atoms with Crippen molar-refractivity contribution in [2.75, 3.05) is 26.8 Å². The molecule has 0 unspecified atom stereocenters. The molecule has 0 bridgehead atoms. The highest BCUT2D eigenvalue weighted by Crippen LogP contribution is 2.26. The molecule has 1 atom stereocenters. The van der Waals surface area contributed by atoms with Crippen LogP contribution in [0.2, 0.25) is 0 Å². The number of morpholine rings is 1. The first kappa shape index (κ1) is 22.4. The average Bonchev–Trinajstić information content (AvgIpc) is 3.21. The van der Waals surface area contributed by atoms with Gasteiger partial charge in [0.15, 0.2) is 5.82 Å². The van der Waals surface area contributed by atoms with Crippen molar-refractivity contribution in [3.8, 4) is 22.8 Å². The van der Waals surface area contributed by atoms with Gasteiger partial charge >= 0.3 is 0 Å². The second-order valence-electron chi connectivity index (χ2n) is 8.00. The first-order valence-electron chi connectivity index (χ1n) is 11.0. The molecule has 174 valence electrons. The Morgan fingerprint density at radius 3 is 2.50 bits per heavy atom. The van der Waals surface area contributed by atoms with Crippen molar-refractivity contribution in [3.05, 3.63) is 89.2 Å². The number of nitrogens with zero attached hydrogens (tertiary/aromatic N) is 5. The number of pyridine rings is 1. The molecule has 2 aromatic carbocycles. The van der Waals surface area contributed by atoms with E-state index in [4.69, 9.17) is 26.8 Å². The fourth-order valence-electron chi connectivity index (χ4n) is 4.05. The molecule has 1 fully saturated rings. The number of aromatic nitrogens is 4. The topological polar surface area (TPSA) is 57.3 Å². The zero-order valence-electron chi connectivity index (χ0n) is 18.7. The zero-order valence-corrected chi connectivity index (χ0v) is 19.5. The van der Waals surface area contributed by atoms with Crippen LogP contribution in [0.5, 0.6) is 5.75 Å². The molecule has 2 aromatic heterocycles. The normalized spacial score (nSPS) is 16.5. The second kappa shape index (κ2) is 9.84. The molecule has 0 aliphatic carbocycles. The highest BCUT2D eigenvalue weighted by atomic mass is 32.1. The van der Waals surface area contributed by atoms with E-state index in [9.17, 15) is 4.39 Å². The van der Waals surface area contributed by atoms with Crippen LogP contribution < -0.4 is 4.74 Å². The summed E-state index contributed by atoms with van der Waals surface area (Å²) in [5.41, 5.74) is 2.77. The quantitative estimate of drug-likeness (QED) is 0.377. The number of benzene rings is 2. The molecular formula is C25H24FN5O2S. The first-order chi connectivity index (χ1) is 16.6. The van der Waals surface area contributed by atoms with Gasteiger partial charge in [-0.25, -0.2) is 9.07 Å². The summed E-state index contributed by atoms with van der Waals surface area (Å²) in [4.78, 5) is 6.37. The number of methoxy groups -OCH3 is 1. The average molecular weight is 478 g/mol. The molecule has 4 aromatic rings. The van der Waals surface area contributed by atoms with E-state index in [1.54, 1.807) is 31.6 Å². The Balaban J connectivity index is 1.46. The van der Waals surface area contributed by atoms with Crippen LogP contribution in [-0.4, -0.2) is 51.0 Å². The molecule has 1 saturated heterocycles. The number of ether oxygens (including phenoxy) is 2. The number of hydrogen-bond donors (Lipinski definition) is 0. The number of hydrogen-bond acceptors (Lipinski definition) is 6. The van der Waals surface area contributed by atoms with Gasteiger partial charge in [-0.15, -0.1) is 5.10 Å². The van der Waals surface area contributed by atoms with Crippen LogP contribution in [-0.2, 0) is 11.4 Å². The highest BCUT2D eigenvalue weighted by Gasteiger charge is 2.24. The third-order valence-electron chi connectivity index (χ3n) is 5.83. The molecule has 0 radical (unpaired) electrons. The molecule has 0 saturated carbocycles. The lowest BCUT2D eigenvalue weighted by molar-refractivity contribution is -0.0418. The summed E-state index contributed by atoms with van der Waals surface area (Å²) in [5.74, 6) is 1.25. The monoisotopic (exact) mass is 477 g/mol. The van der Waals surface area contributed by atoms with E-state index in [2.05, 4.69) is 9.88 Å². The molecule has 1 aliphatic rings. The maximum absolute atomic E-state index is 13.3. The minimum atomic E-state index is -0.254. The SMILES string of the molecule is COc1ccc(-n2c(-c3ccncc3)nn(CN3CCO[C@H](c4ccc(F)cc4)C3)c2=S)cc1. The van der Waals surface area contributed by atoms with E-state index in [0.717, 1.165) is 34.9 Å². The molecule has 7 nitrogen and oxygen atoms in total. The van der Waals surface area contributed by atoms with Crippen molar-refractivity contribution in [2.24, 2.45) is 0 Å².